The molecule has 130 valence electrons. The van der Waals surface area contributed by atoms with Crippen molar-refractivity contribution in [3.63, 3.8) is 0 Å². The fraction of sp³-hybridized carbons (Fsp3) is 0.625. The van der Waals surface area contributed by atoms with Gasteiger partial charge in [0.2, 0.25) is 0 Å². The highest BCUT2D eigenvalue weighted by Gasteiger charge is 2.20. The number of esters is 1. The topological polar surface area (TPSA) is 81.0 Å². The van der Waals surface area contributed by atoms with E-state index >= 15 is 0 Å². The molecule has 0 aliphatic heterocycles. The maximum atomic E-state index is 12.0. The number of nitrogens with one attached hydrogen (secondary N) is 1. The zero-order valence-electron chi connectivity index (χ0n) is 14.5. The molecule has 0 aliphatic carbocycles. The van der Waals surface area contributed by atoms with Gasteiger partial charge in [0.05, 0.1) is 19.2 Å². The van der Waals surface area contributed by atoms with Crippen LogP contribution in [0, 0.1) is 0 Å². The van der Waals surface area contributed by atoms with E-state index < -0.39 is 11.6 Å². The number of ether oxygens (including phenoxy) is 2. The number of rotatable bonds is 7. The van der Waals surface area contributed by atoms with Gasteiger partial charge in [0, 0.05) is 19.6 Å². The van der Waals surface area contributed by atoms with E-state index in [1.54, 1.807) is 11.0 Å². The van der Waals surface area contributed by atoms with Gasteiger partial charge in [0.1, 0.15) is 17.6 Å². The van der Waals surface area contributed by atoms with Crippen molar-refractivity contribution in [2.75, 3.05) is 26.7 Å². The van der Waals surface area contributed by atoms with Crippen LogP contribution in [0.25, 0.3) is 0 Å². The minimum atomic E-state index is -0.504. The molecule has 0 aromatic carbocycles. The van der Waals surface area contributed by atoms with Crippen LogP contribution in [0.5, 0.6) is 0 Å². The van der Waals surface area contributed by atoms with E-state index in [0.29, 0.717) is 37.5 Å². The van der Waals surface area contributed by atoms with Crippen LogP contribution in [-0.2, 0) is 16.0 Å². The first-order valence-corrected chi connectivity index (χ1v) is 7.61. The van der Waals surface area contributed by atoms with Crippen LogP contribution in [0.1, 0.15) is 43.8 Å². The zero-order valence-corrected chi connectivity index (χ0v) is 14.5. The maximum Gasteiger partial charge on any atom is 0.410 e. The lowest BCUT2D eigenvalue weighted by molar-refractivity contribution is 0.0261. The summed E-state index contributed by atoms with van der Waals surface area (Å²) >= 11 is 0. The minimum absolute atomic E-state index is 0.326. The number of hydrogen-bond acceptors (Lipinski definition) is 6. The average molecular weight is 326 g/mol. The van der Waals surface area contributed by atoms with Crippen molar-refractivity contribution in [3.8, 4) is 0 Å². The monoisotopic (exact) mass is 326 g/mol. The fourth-order valence-electron chi connectivity index (χ4n) is 1.83. The Bertz CT molecular complexity index is 519. The van der Waals surface area contributed by atoms with E-state index in [1.165, 1.54) is 13.4 Å². The molecule has 0 fully saturated rings. The highest BCUT2D eigenvalue weighted by atomic mass is 16.6. The van der Waals surface area contributed by atoms with Gasteiger partial charge in [-0.2, -0.15) is 0 Å². The first kappa shape index (κ1) is 19.0. The van der Waals surface area contributed by atoms with Crippen molar-refractivity contribution < 1.29 is 23.5 Å². The van der Waals surface area contributed by atoms with Crippen molar-refractivity contribution in [2.45, 2.75) is 39.8 Å². The van der Waals surface area contributed by atoms with Gasteiger partial charge in [-0.3, -0.25) is 0 Å². The molecule has 0 aliphatic rings. The Labute approximate surface area is 136 Å². The standard InChI is InChI=1S/C16H26N2O5/c1-6-18(15(20)23-16(2,3)4)8-7-17-10-13-9-12(11-22-13)14(19)21-5/h9,11,17H,6-8,10H2,1-5H3. The Hall–Kier alpha value is -2.02. The molecule has 0 saturated heterocycles. The van der Waals surface area contributed by atoms with E-state index in [9.17, 15) is 9.59 Å². The number of nitrogens with zero attached hydrogens (tertiary/aromatic N) is 1. The smallest absolute Gasteiger partial charge is 0.410 e. The summed E-state index contributed by atoms with van der Waals surface area (Å²) in [5, 5.41) is 3.16. The molecule has 1 N–H and O–H groups in total. The molecule has 0 bridgehead atoms. The molecule has 23 heavy (non-hydrogen) atoms. The molecule has 1 amide bonds. The Morgan fingerprint density at radius 3 is 2.61 bits per heavy atom. The van der Waals surface area contributed by atoms with Gasteiger partial charge in [-0.15, -0.1) is 0 Å². The highest BCUT2D eigenvalue weighted by Crippen LogP contribution is 2.10. The highest BCUT2D eigenvalue weighted by molar-refractivity contribution is 5.88. The van der Waals surface area contributed by atoms with Crippen molar-refractivity contribution in [1.82, 2.24) is 10.2 Å². The lowest BCUT2D eigenvalue weighted by Gasteiger charge is -2.26. The summed E-state index contributed by atoms with van der Waals surface area (Å²) in [7, 11) is 1.32. The summed E-state index contributed by atoms with van der Waals surface area (Å²) < 4.78 is 15.2. The number of methoxy groups -OCH3 is 1. The van der Waals surface area contributed by atoms with Gasteiger partial charge in [-0.25, -0.2) is 9.59 Å². The number of furan rings is 1. The van der Waals surface area contributed by atoms with Gasteiger partial charge in [0.25, 0.3) is 0 Å². The Balaban J connectivity index is 2.36. The van der Waals surface area contributed by atoms with E-state index in [-0.39, 0.29) is 6.09 Å². The van der Waals surface area contributed by atoms with Crippen LogP contribution in [-0.4, -0.2) is 49.3 Å². The summed E-state index contributed by atoms with van der Waals surface area (Å²) in [4.78, 5) is 24.9. The van der Waals surface area contributed by atoms with Crippen molar-refractivity contribution >= 4 is 12.1 Å². The molecule has 0 atom stereocenters. The number of amides is 1. The summed E-state index contributed by atoms with van der Waals surface area (Å²) in [6.07, 6.45) is 1.04. The second-order valence-electron chi connectivity index (χ2n) is 6.03. The van der Waals surface area contributed by atoms with E-state index in [0.717, 1.165) is 0 Å². The Kier molecular flexibility index (Phi) is 7.09. The largest absolute Gasteiger partial charge is 0.467 e. The van der Waals surface area contributed by atoms with E-state index in [2.05, 4.69) is 10.1 Å². The van der Waals surface area contributed by atoms with Crippen molar-refractivity contribution in [2.24, 2.45) is 0 Å². The quantitative estimate of drug-likeness (QED) is 0.612. The number of carbonyl (C=O) groups excluding carboxylic acids is 2. The molecule has 0 unspecified atom stereocenters. The van der Waals surface area contributed by atoms with Crippen LogP contribution >= 0.6 is 0 Å². The van der Waals surface area contributed by atoms with Gasteiger partial charge in [-0.1, -0.05) is 0 Å². The Morgan fingerprint density at radius 1 is 1.35 bits per heavy atom. The molecule has 1 heterocycles. The van der Waals surface area contributed by atoms with Crippen LogP contribution in [0.4, 0.5) is 4.79 Å². The summed E-state index contributed by atoms with van der Waals surface area (Å²) in [5.74, 6) is 0.202. The third-order valence-electron chi connectivity index (χ3n) is 2.97. The van der Waals surface area contributed by atoms with Crippen LogP contribution < -0.4 is 5.32 Å². The molecule has 0 radical (unpaired) electrons. The lowest BCUT2D eigenvalue weighted by atomic mass is 10.2. The molecule has 0 saturated carbocycles. The number of carbonyl (C=O) groups is 2. The minimum Gasteiger partial charge on any atom is -0.467 e. The summed E-state index contributed by atoms with van der Waals surface area (Å²) in [5.41, 5.74) is -0.121. The zero-order chi connectivity index (χ0) is 17.5. The fourth-order valence-corrected chi connectivity index (χ4v) is 1.83. The third-order valence-corrected chi connectivity index (χ3v) is 2.97. The van der Waals surface area contributed by atoms with Crippen LogP contribution in [0.2, 0.25) is 0 Å². The van der Waals surface area contributed by atoms with Crippen molar-refractivity contribution in [1.29, 1.82) is 0 Å². The van der Waals surface area contributed by atoms with Gasteiger partial charge < -0.3 is 24.1 Å². The average Bonchev–Trinajstić information content (AvgIpc) is 2.93. The Morgan fingerprint density at radius 2 is 2.04 bits per heavy atom. The van der Waals surface area contributed by atoms with E-state index in [4.69, 9.17) is 9.15 Å². The maximum absolute atomic E-state index is 12.0. The van der Waals surface area contributed by atoms with Gasteiger partial charge in [0.15, 0.2) is 0 Å². The predicted octanol–water partition coefficient (Wildman–Crippen LogP) is 2.41. The number of likely N-dealkylation sites (N-methyl/N-ethyl adjacent to an activating group) is 1. The van der Waals surface area contributed by atoms with Gasteiger partial charge in [-0.05, 0) is 33.8 Å². The third kappa shape index (κ3) is 6.73. The lowest BCUT2D eigenvalue weighted by Crippen LogP contribution is -2.40. The molecule has 7 heteroatoms. The predicted molar refractivity (Wildman–Crippen MR) is 85.2 cm³/mol. The number of hydrogen-bond donors (Lipinski definition) is 1. The molecule has 1 aromatic rings. The van der Waals surface area contributed by atoms with E-state index in [1.807, 2.05) is 27.7 Å². The molecule has 7 nitrogen and oxygen atoms in total. The van der Waals surface area contributed by atoms with Crippen molar-refractivity contribution in [3.05, 3.63) is 23.7 Å². The first-order chi connectivity index (χ1) is 10.8. The molecular formula is C16H26N2O5. The van der Waals surface area contributed by atoms with Crippen LogP contribution in [0.15, 0.2) is 16.7 Å². The molecule has 1 rings (SSSR count). The molecule has 1 aromatic heterocycles. The van der Waals surface area contributed by atoms with Gasteiger partial charge >= 0.3 is 12.1 Å². The first-order valence-electron chi connectivity index (χ1n) is 7.61. The summed E-state index contributed by atoms with van der Waals surface area (Å²) in [6.45, 7) is 9.56. The normalized spacial score (nSPS) is 11.2. The SMILES string of the molecule is CCN(CCNCc1cc(C(=O)OC)co1)C(=O)OC(C)(C)C. The molecular weight excluding hydrogens is 300 g/mol. The van der Waals surface area contributed by atoms with Crippen LogP contribution in [0.3, 0.4) is 0 Å². The summed E-state index contributed by atoms with van der Waals surface area (Å²) in [6, 6.07) is 1.63. The molecule has 0 spiro atoms. The second kappa shape index (κ2) is 8.57. The second-order valence-corrected chi connectivity index (χ2v) is 6.03.